The number of alkyl halides is 1. The number of halogens is 5. The Morgan fingerprint density at radius 1 is 0.978 bits per heavy atom. The van der Waals surface area contributed by atoms with E-state index >= 15 is 8.78 Å². The van der Waals surface area contributed by atoms with Crippen molar-refractivity contribution in [3.63, 3.8) is 0 Å². The molecule has 3 aromatic carbocycles. The summed E-state index contributed by atoms with van der Waals surface area (Å²) in [5.74, 6) is -7.64. The Balaban J connectivity index is 1.99. The van der Waals surface area contributed by atoms with Crippen LogP contribution in [0, 0.1) is 37.1 Å². The zero-order chi connectivity index (χ0) is 33.0. The fourth-order valence-electron chi connectivity index (χ4n) is 5.19. The minimum absolute atomic E-state index is 0.156. The van der Waals surface area contributed by atoms with Gasteiger partial charge in [-0.1, -0.05) is 42.5 Å². The molecule has 1 unspecified atom stereocenters. The Morgan fingerprint density at radius 2 is 1.67 bits per heavy atom. The van der Waals surface area contributed by atoms with Gasteiger partial charge in [0.25, 0.3) is 5.56 Å². The smallest absolute Gasteiger partial charge is 0.333 e. The number of nitrogens with one attached hydrogen (secondary N) is 1. The van der Waals surface area contributed by atoms with Crippen molar-refractivity contribution in [1.82, 2.24) is 14.5 Å². The van der Waals surface area contributed by atoms with Crippen LogP contribution in [-0.4, -0.2) is 33.9 Å². The molecule has 0 amide bonds. The third-order valence-corrected chi connectivity index (χ3v) is 7.47. The van der Waals surface area contributed by atoms with Crippen molar-refractivity contribution in [2.75, 3.05) is 13.7 Å². The molecule has 2 atom stereocenters. The Kier molecular flexibility index (Phi) is 10.2. The summed E-state index contributed by atoms with van der Waals surface area (Å²) >= 11 is 0. The zero-order valence-electron chi connectivity index (χ0n) is 24.5. The SMILES string of the molecule is COc1cccc(-c2c(C)n(C(F)c3c(C)cc(F)c(F)c3F)c(=O)n(C[C@H](NCCCC(=O)O)c3ccccc3)c2=O)c1F. The number of rotatable bonds is 12. The van der Waals surface area contributed by atoms with Crippen molar-refractivity contribution < 1.29 is 36.6 Å². The molecule has 45 heavy (non-hydrogen) atoms. The molecule has 0 aliphatic heterocycles. The van der Waals surface area contributed by atoms with Crippen LogP contribution in [0.15, 0.2) is 64.2 Å². The molecule has 0 saturated carbocycles. The standard InChI is InChI=1S/C32H30F5N3O5/c1-17-15-21(33)28(35)29(36)25(17)30(37)40-18(2)26(20-11-7-12-23(45-3)27(20)34)31(43)39(32(40)44)16-22(19-9-5-4-6-10-19)38-14-8-13-24(41)42/h4-7,9-12,15,22,30,38H,8,13-14,16H2,1-3H3,(H,41,42)/t22-,30?/m0/s1. The van der Waals surface area contributed by atoms with E-state index in [9.17, 15) is 27.6 Å². The van der Waals surface area contributed by atoms with E-state index in [0.29, 0.717) is 20.8 Å². The monoisotopic (exact) mass is 631 g/mol. The van der Waals surface area contributed by atoms with E-state index in [1.54, 1.807) is 30.3 Å². The molecule has 4 rings (SSSR count). The number of carboxylic acid groups (broad SMARTS) is 1. The molecule has 13 heteroatoms. The topological polar surface area (TPSA) is 103 Å². The fourth-order valence-corrected chi connectivity index (χ4v) is 5.19. The first kappa shape index (κ1) is 33.1. The zero-order valence-corrected chi connectivity index (χ0v) is 24.5. The second-order valence-corrected chi connectivity index (χ2v) is 10.3. The summed E-state index contributed by atoms with van der Waals surface area (Å²) in [6, 6.07) is 12.1. The second kappa shape index (κ2) is 13.9. The van der Waals surface area contributed by atoms with Gasteiger partial charge >= 0.3 is 11.7 Å². The van der Waals surface area contributed by atoms with Gasteiger partial charge in [-0.05, 0) is 50.1 Å². The van der Waals surface area contributed by atoms with Crippen molar-refractivity contribution in [2.24, 2.45) is 0 Å². The molecule has 4 aromatic rings. The van der Waals surface area contributed by atoms with Crippen LogP contribution < -0.4 is 21.3 Å². The minimum Gasteiger partial charge on any atom is -0.494 e. The highest BCUT2D eigenvalue weighted by Crippen LogP contribution is 2.33. The molecule has 0 aliphatic rings. The van der Waals surface area contributed by atoms with Crippen LogP contribution in [0.3, 0.4) is 0 Å². The number of ether oxygens (including phenoxy) is 1. The summed E-state index contributed by atoms with van der Waals surface area (Å²) in [5.41, 5.74) is -4.23. The molecular weight excluding hydrogens is 601 g/mol. The van der Waals surface area contributed by atoms with Gasteiger partial charge in [0.05, 0.1) is 25.3 Å². The number of carbonyl (C=O) groups is 1. The van der Waals surface area contributed by atoms with Gasteiger partial charge < -0.3 is 15.2 Å². The Morgan fingerprint density at radius 3 is 2.31 bits per heavy atom. The first-order valence-electron chi connectivity index (χ1n) is 13.9. The number of benzene rings is 3. The van der Waals surface area contributed by atoms with E-state index in [0.717, 1.165) is 13.8 Å². The molecular formula is C32H30F5N3O5. The van der Waals surface area contributed by atoms with Crippen LogP contribution in [0.2, 0.25) is 0 Å². The van der Waals surface area contributed by atoms with E-state index in [1.165, 1.54) is 25.3 Å². The lowest BCUT2D eigenvalue weighted by molar-refractivity contribution is -0.137. The maximum atomic E-state index is 16.4. The summed E-state index contributed by atoms with van der Waals surface area (Å²) in [7, 11) is 1.20. The van der Waals surface area contributed by atoms with Gasteiger partial charge in [0, 0.05) is 23.2 Å². The molecule has 1 heterocycles. The number of aryl methyl sites for hydroxylation is 1. The van der Waals surface area contributed by atoms with E-state index in [-0.39, 0.29) is 36.3 Å². The van der Waals surface area contributed by atoms with E-state index in [4.69, 9.17) is 9.84 Å². The van der Waals surface area contributed by atoms with Crippen LogP contribution in [0.1, 0.15) is 47.6 Å². The van der Waals surface area contributed by atoms with Crippen molar-refractivity contribution in [3.8, 4) is 16.9 Å². The van der Waals surface area contributed by atoms with Crippen molar-refractivity contribution in [3.05, 3.63) is 121 Å². The molecule has 0 aliphatic carbocycles. The number of aromatic nitrogens is 2. The number of hydrogen-bond acceptors (Lipinski definition) is 5. The third kappa shape index (κ3) is 6.68. The molecule has 0 spiro atoms. The Bertz CT molecular complexity index is 1840. The molecule has 0 radical (unpaired) electrons. The van der Waals surface area contributed by atoms with E-state index in [1.807, 2.05) is 0 Å². The first-order chi connectivity index (χ1) is 21.4. The quantitative estimate of drug-likeness (QED) is 0.120. The number of carboxylic acids is 1. The highest BCUT2D eigenvalue weighted by molar-refractivity contribution is 5.68. The third-order valence-electron chi connectivity index (χ3n) is 7.47. The van der Waals surface area contributed by atoms with Crippen LogP contribution >= 0.6 is 0 Å². The summed E-state index contributed by atoms with van der Waals surface area (Å²) in [6.07, 6.45) is -2.72. The molecule has 2 N–H and O–H groups in total. The predicted molar refractivity (Wildman–Crippen MR) is 156 cm³/mol. The van der Waals surface area contributed by atoms with Crippen molar-refractivity contribution >= 4 is 5.97 Å². The number of aliphatic carboxylic acids is 1. The molecule has 8 nitrogen and oxygen atoms in total. The van der Waals surface area contributed by atoms with E-state index < -0.39 is 76.2 Å². The maximum Gasteiger partial charge on any atom is 0.333 e. The largest absolute Gasteiger partial charge is 0.494 e. The van der Waals surface area contributed by atoms with Crippen LogP contribution in [0.4, 0.5) is 22.0 Å². The van der Waals surface area contributed by atoms with Crippen LogP contribution in [0.5, 0.6) is 5.75 Å². The summed E-state index contributed by atoms with van der Waals surface area (Å²) in [6.45, 7) is 1.99. The minimum atomic E-state index is -2.76. The normalized spacial score (nSPS) is 12.6. The summed E-state index contributed by atoms with van der Waals surface area (Å²) < 4.78 is 81.2. The van der Waals surface area contributed by atoms with Gasteiger partial charge in [-0.2, -0.15) is 0 Å². The molecule has 1 aromatic heterocycles. The predicted octanol–water partition coefficient (Wildman–Crippen LogP) is 5.57. The average Bonchev–Trinajstić information content (AvgIpc) is 3.00. The summed E-state index contributed by atoms with van der Waals surface area (Å²) in [4.78, 5) is 39.0. The molecule has 0 fully saturated rings. The van der Waals surface area contributed by atoms with Gasteiger partial charge in [0.2, 0.25) is 6.30 Å². The molecule has 0 bridgehead atoms. The van der Waals surface area contributed by atoms with Gasteiger partial charge in [-0.15, -0.1) is 0 Å². The fraction of sp³-hybridized carbons (Fsp3) is 0.281. The van der Waals surface area contributed by atoms with Crippen molar-refractivity contribution in [2.45, 2.75) is 45.6 Å². The highest BCUT2D eigenvalue weighted by atomic mass is 19.2. The maximum absolute atomic E-state index is 16.4. The van der Waals surface area contributed by atoms with Gasteiger partial charge in [-0.25, -0.2) is 26.7 Å². The lowest BCUT2D eigenvalue weighted by atomic mass is 10.0. The number of hydrogen-bond donors (Lipinski definition) is 2. The van der Waals surface area contributed by atoms with Gasteiger partial charge in [-0.3, -0.25) is 18.7 Å². The Hall–Kier alpha value is -4.78. The second-order valence-electron chi connectivity index (χ2n) is 10.3. The molecule has 0 saturated heterocycles. The highest BCUT2D eigenvalue weighted by Gasteiger charge is 2.31. The summed E-state index contributed by atoms with van der Waals surface area (Å²) in [5, 5.41) is 12.1. The lowest BCUT2D eigenvalue weighted by Gasteiger charge is -2.25. The lowest BCUT2D eigenvalue weighted by Crippen LogP contribution is -2.45. The van der Waals surface area contributed by atoms with E-state index in [2.05, 4.69) is 5.32 Å². The molecule has 238 valence electrons. The van der Waals surface area contributed by atoms with Crippen molar-refractivity contribution in [1.29, 1.82) is 0 Å². The first-order valence-corrected chi connectivity index (χ1v) is 13.9. The van der Waals surface area contributed by atoms with Gasteiger partial charge in [0.15, 0.2) is 29.0 Å². The average molecular weight is 632 g/mol. The van der Waals surface area contributed by atoms with Crippen LogP contribution in [0.25, 0.3) is 11.1 Å². The van der Waals surface area contributed by atoms with Gasteiger partial charge in [0.1, 0.15) is 0 Å². The Labute approximate surface area is 254 Å². The van der Waals surface area contributed by atoms with Crippen LogP contribution in [-0.2, 0) is 11.3 Å². The number of nitrogens with zero attached hydrogens (tertiary/aromatic N) is 2. The number of methoxy groups -OCH3 is 1.